The first kappa shape index (κ1) is 11.7. The highest BCUT2D eigenvalue weighted by atomic mass is 19.2. The smallest absolute Gasteiger partial charge is 0.162 e. The lowest BCUT2D eigenvalue weighted by atomic mass is 10.0. The minimum Gasteiger partial charge on any atom is -0.324 e. The summed E-state index contributed by atoms with van der Waals surface area (Å²) in [5.41, 5.74) is 7.00. The highest BCUT2D eigenvalue weighted by molar-refractivity contribution is 5.23. The maximum atomic E-state index is 13.4. The third-order valence-electron chi connectivity index (χ3n) is 2.58. The van der Waals surface area contributed by atoms with E-state index >= 15 is 0 Å². The van der Waals surface area contributed by atoms with Gasteiger partial charge in [0.1, 0.15) is 0 Å². The maximum Gasteiger partial charge on any atom is 0.162 e. The van der Waals surface area contributed by atoms with Crippen LogP contribution in [-0.2, 0) is 6.42 Å². The molecule has 0 radical (unpaired) electrons. The largest absolute Gasteiger partial charge is 0.324 e. The average molecular weight is 234 g/mol. The van der Waals surface area contributed by atoms with Crippen molar-refractivity contribution in [3.63, 3.8) is 0 Å². The average Bonchev–Trinajstić information content (AvgIpc) is 2.36. The van der Waals surface area contributed by atoms with Gasteiger partial charge in [0.2, 0.25) is 0 Å². The second-order valence-corrected chi connectivity index (χ2v) is 3.81. The Kier molecular flexibility index (Phi) is 3.44. The first-order valence-electron chi connectivity index (χ1n) is 5.27. The number of hydrogen-bond donors (Lipinski definition) is 1. The minimum atomic E-state index is -0.846. The number of aromatic nitrogens is 1. The van der Waals surface area contributed by atoms with Crippen LogP contribution in [0.15, 0.2) is 42.7 Å². The summed E-state index contributed by atoms with van der Waals surface area (Å²) in [4.78, 5) is 3.94. The molecule has 0 spiro atoms. The second kappa shape index (κ2) is 5.01. The number of benzene rings is 1. The summed E-state index contributed by atoms with van der Waals surface area (Å²) in [5.74, 6) is -1.67. The van der Waals surface area contributed by atoms with Crippen molar-refractivity contribution in [2.24, 2.45) is 5.73 Å². The van der Waals surface area contributed by atoms with E-state index in [0.29, 0.717) is 0 Å². The fourth-order valence-electron chi connectivity index (χ4n) is 1.66. The van der Waals surface area contributed by atoms with Crippen LogP contribution < -0.4 is 5.73 Å². The second-order valence-electron chi connectivity index (χ2n) is 3.81. The molecule has 1 atom stereocenters. The zero-order valence-corrected chi connectivity index (χ0v) is 9.11. The Hall–Kier alpha value is -1.81. The van der Waals surface area contributed by atoms with Crippen LogP contribution in [0.2, 0.25) is 0 Å². The van der Waals surface area contributed by atoms with Gasteiger partial charge in [0, 0.05) is 18.4 Å². The van der Waals surface area contributed by atoms with Crippen LogP contribution in [0.5, 0.6) is 0 Å². The molecule has 0 fully saturated rings. The summed E-state index contributed by atoms with van der Waals surface area (Å²) in [6.45, 7) is 0. The van der Waals surface area contributed by atoms with Crippen LogP contribution in [-0.4, -0.2) is 4.98 Å². The van der Waals surface area contributed by atoms with Gasteiger partial charge in [-0.1, -0.05) is 18.2 Å². The van der Waals surface area contributed by atoms with Crippen molar-refractivity contribution < 1.29 is 8.78 Å². The molecule has 2 nitrogen and oxygen atoms in total. The van der Waals surface area contributed by atoms with Gasteiger partial charge in [-0.2, -0.15) is 0 Å². The summed E-state index contributed by atoms with van der Waals surface area (Å²) < 4.78 is 26.4. The van der Waals surface area contributed by atoms with Crippen LogP contribution >= 0.6 is 0 Å². The van der Waals surface area contributed by atoms with Crippen LogP contribution in [0, 0.1) is 11.6 Å². The van der Waals surface area contributed by atoms with Crippen LogP contribution in [0.3, 0.4) is 0 Å². The Morgan fingerprint density at radius 2 is 2.00 bits per heavy atom. The summed E-state index contributed by atoms with van der Waals surface area (Å²) >= 11 is 0. The van der Waals surface area contributed by atoms with E-state index in [1.165, 1.54) is 12.1 Å². The lowest BCUT2D eigenvalue weighted by Gasteiger charge is -2.12. The molecule has 2 aromatic rings. The molecule has 0 aliphatic heterocycles. The fourth-order valence-corrected chi connectivity index (χ4v) is 1.66. The van der Waals surface area contributed by atoms with Gasteiger partial charge in [-0.3, -0.25) is 4.98 Å². The monoisotopic (exact) mass is 234 g/mol. The molecular formula is C13H12F2N2. The van der Waals surface area contributed by atoms with Gasteiger partial charge in [0.25, 0.3) is 0 Å². The van der Waals surface area contributed by atoms with Gasteiger partial charge in [0.05, 0.1) is 0 Å². The maximum absolute atomic E-state index is 13.4. The van der Waals surface area contributed by atoms with E-state index in [2.05, 4.69) is 4.98 Å². The molecule has 1 heterocycles. The van der Waals surface area contributed by atoms with E-state index in [4.69, 9.17) is 5.73 Å². The summed E-state index contributed by atoms with van der Waals surface area (Å²) in [5, 5.41) is 0. The Balaban J connectivity index is 2.19. The molecule has 88 valence electrons. The summed E-state index contributed by atoms with van der Waals surface area (Å²) in [6.07, 6.45) is 3.51. The molecule has 1 aromatic carbocycles. The van der Waals surface area contributed by atoms with Crippen molar-refractivity contribution in [3.05, 3.63) is 65.5 Å². The Morgan fingerprint density at radius 3 is 2.71 bits per heavy atom. The normalized spacial score (nSPS) is 12.4. The van der Waals surface area contributed by atoms with E-state index in [0.717, 1.165) is 11.6 Å². The van der Waals surface area contributed by atoms with Gasteiger partial charge in [-0.15, -0.1) is 0 Å². The Labute approximate surface area is 98.1 Å². The van der Waals surface area contributed by atoms with E-state index < -0.39 is 11.6 Å². The van der Waals surface area contributed by atoms with E-state index in [1.807, 2.05) is 6.07 Å². The molecule has 0 amide bonds. The zero-order chi connectivity index (χ0) is 12.3. The standard InChI is InChI=1S/C13H12F2N2/c14-11-5-1-3-9(13(11)15)7-12(16)10-4-2-6-17-8-10/h1-6,8,12H,7,16H2. The van der Waals surface area contributed by atoms with E-state index in [1.54, 1.807) is 18.5 Å². The third kappa shape index (κ3) is 2.65. The van der Waals surface area contributed by atoms with Crippen molar-refractivity contribution in [1.82, 2.24) is 4.98 Å². The minimum absolute atomic E-state index is 0.245. The molecule has 0 bridgehead atoms. The molecule has 0 saturated heterocycles. The van der Waals surface area contributed by atoms with Gasteiger partial charge in [-0.05, 0) is 29.7 Å². The fraction of sp³-hybridized carbons (Fsp3) is 0.154. The number of nitrogens with two attached hydrogens (primary N) is 1. The van der Waals surface area contributed by atoms with Crippen molar-refractivity contribution in [1.29, 1.82) is 0 Å². The highest BCUT2D eigenvalue weighted by Gasteiger charge is 2.12. The van der Waals surface area contributed by atoms with Crippen LogP contribution in [0.1, 0.15) is 17.2 Å². The van der Waals surface area contributed by atoms with Crippen molar-refractivity contribution in [2.75, 3.05) is 0 Å². The number of pyridine rings is 1. The predicted octanol–water partition coefficient (Wildman–Crippen LogP) is 2.60. The molecule has 0 aliphatic carbocycles. The molecule has 0 saturated carbocycles. The molecule has 1 aromatic heterocycles. The van der Waals surface area contributed by atoms with Crippen LogP contribution in [0.25, 0.3) is 0 Å². The van der Waals surface area contributed by atoms with Gasteiger partial charge in [-0.25, -0.2) is 8.78 Å². The van der Waals surface area contributed by atoms with E-state index in [9.17, 15) is 8.78 Å². The number of halogens is 2. The molecule has 4 heteroatoms. The molecule has 0 aliphatic rings. The van der Waals surface area contributed by atoms with Gasteiger partial charge < -0.3 is 5.73 Å². The Morgan fingerprint density at radius 1 is 1.18 bits per heavy atom. The van der Waals surface area contributed by atoms with E-state index in [-0.39, 0.29) is 18.0 Å². The van der Waals surface area contributed by atoms with Gasteiger partial charge in [0.15, 0.2) is 11.6 Å². The number of hydrogen-bond acceptors (Lipinski definition) is 2. The quantitative estimate of drug-likeness (QED) is 0.886. The lowest BCUT2D eigenvalue weighted by molar-refractivity contribution is 0.494. The highest BCUT2D eigenvalue weighted by Crippen LogP contribution is 2.18. The van der Waals surface area contributed by atoms with Crippen molar-refractivity contribution >= 4 is 0 Å². The predicted molar refractivity (Wildman–Crippen MR) is 61.2 cm³/mol. The summed E-state index contributed by atoms with van der Waals surface area (Å²) in [7, 11) is 0. The van der Waals surface area contributed by atoms with Crippen molar-refractivity contribution in [2.45, 2.75) is 12.5 Å². The molecule has 1 unspecified atom stereocenters. The Bertz CT molecular complexity index is 500. The third-order valence-corrected chi connectivity index (χ3v) is 2.58. The first-order valence-corrected chi connectivity index (χ1v) is 5.27. The molecule has 2 rings (SSSR count). The molecule has 2 N–H and O–H groups in total. The number of nitrogens with zero attached hydrogens (tertiary/aromatic N) is 1. The lowest BCUT2D eigenvalue weighted by Crippen LogP contribution is -2.14. The topological polar surface area (TPSA) is 38.9 Å². The molecule has 17 heavy (non-hydrogen) atoms. The van der Waals surface area contributed by atoms with Crippen LogP contribution in [0.4, 0.5) is 8.78 Å². The van der Waals surface area contributed by atoms with Gasteiger partial charge >= 0.3 is 0 Å². The SMILES string of the molecule is NC(Cc1cccc(F)c1F)c1cccnc1. The van der Waals surface area contributed by atoms with Crippen molar-refractivity contribution in [3.8, 4) is 0 Å². The number of rotatable bonds is 3. The zero-order valence-electron chi connectivity index (χ0n) is 9.11. The summed E-state index contributed by atoms with van der Waals surface area (Å²) in [6, 6.07) is 7.29. The first-order chi connectivity index (χ1) is 8.18. The molecular weight excluding hydrogens is 222 g/mol.